The molecule has 0 saturated heterocycles. The lowest BCUT2D eigenvalue weighted by Gasteiger charge is -2.07. The first-order chi connectivity index (χ1) is 11.5. The summed E-state index contributed by atoms with van der Waals surface area (Å²) in [5.74, 6) is -0.721. The molecule has 0 unspecified atom stereocenters. The van der Waals surface area contributed by atoms with Crippen molar-refractivity contribution in [2.45, 2.75) is 6.92 Å². The molecule has 0 bridgehead atoms. The van der Waals surface area contributed by atoms with Gasteiger partial charge >= 0.3 is 0 Å². The fourth-order valence-corrected chi connectivity index (χ4v) is 2.88. The number of phenolic OH excluding ortho intramolecular Hbond substituents is 3. The molecule has 122 valence electrons. The van der Waals surface area contributed by atoms with Crippen molar-refractivity contribution in [2.75, 3.05) is 5.43 Å². The molecule has 0 saturated carbocycles. The Kier molecular flexibility index (Phi) is 4.35. The number of thiazole rings is 1. The van der Waals surface area contributed by atoms with Crippen LogP contribution < -0.4 is 5.43 Å². The number of nitrogens with zero attached hydrogens (tertiary/aromatic N) is 2. The summed E-state index contributed by atoms with van der Waals surface area (Å²) in [6.45, 7) is 1.63. The molecule has 6 nitrogen and oxygen atoms in total. The molecule has 4 N–H and O–H groups in total. The molecule has 24 heavy (non-hydrogen) atoms. The zero-order valence-electron chi connectivity index (χ0n) is 12.8. The van der Waals surface area contributed by atoms with Gasteiger partial charge in [0.1, 0.15) is 17.2 Å². The predicted octanol–water partition coefficient (Wildman–Crippen LogP) is 3.76. The maximum absolute atomic E-state index is 9.85. The fourth-order valence-electron chi connectivity index (χ4n) is 2.22. The second kappa shape index (κ2) is 6.59. The van der Waals surface area contributed by atoms with E-state index in [2.05, 4.69) is 15.5 Å². The largest absolute Gasteiger partial charge is 0.508 e. The number of rotatable bonds is 4. The van der Waals surface area contributed by atoms with E-state index in [0.29, 0.717) is 10.8 Å². The molecule has 0 radical (unpaired) electrons. The van der Waals surface area contributed by atoms with Gasteiger partial charge < -0.3 is 15.3 Å². The highest BCUT2D eigenvalue weighted by molar-refractivity contribution is 7.14. The SMILES string of the molecule is C/C(=N\Nc1nc(-c2ccccc2)cs1)c1c(O)cc(O)cc1O. The van der Waals surface area contributed by atoms with Crippen LogP contribution in [-0.2, 0) is 0 Å². The molecule has 1 heterocycles. The molecule has 2 aromatic carbocycles. The Bertz CT molecular complexity index is 868. The summed E-state index contributed by atoms with van der Waals surface area (Å²) in [4.78, 5) is 4.44. The van der Waals surface area contributed by atoms with Crippen LogP contribution in [0.1, 0.15) is 12.5 Å². The van der Waals surface area contributed by atoms with Crippen LogP contribution in [0.4, 0.5) is 5.13 Å². The number of aromatic nitrogens is 1. The molecule has 0 aliphatic heterocycles. The third kappa shape index (κ3) is 3.31. The van der Waals surface area contributed by atoms with Crippen LogP contribution in [0, 0.1) is 0 Å². The summed E-state index contributed by atoms with van der Waals surface area (Å²) < 4.78 is 0. The Labute approximate surface area is 142 Å². The van der Waals surface area contributed by atoms with Crippen molar-refractivity contribution in [3.05, 3.63) is 53.4 Å². The van der Waals surface area contributed by atoms with Crippen molar-refractivity contribution in [1.29, 1.82) is 0 Å². The van der Waals surface area contributed by atoms with Crippen LogP contribution >= 0.6 is 11.3 Å². The zero-order chi connectivity index (χ0) is 17.1. The van der Waals surface area contributed by atoms with Gasteiger partial charge in [0.15, 0.2) is 0 Å². The second-order valence-corrected chi connectivity index (χ2v) is 5.93. The third-order valence-corrected chi connectivity index (χ3v) is 4.08. The van der Waals surface area contributed by atoms with Crippen molar-refractivity contribution in [3.63, 3.8) is 0 Å². The summed E-state index contributed by atoms with van der Waals surface area (Å²) >= 11 is 1.40. The molecule has 0 aliphatic rings. The number of hydrazone groups is 1. The van der Waals surface area contributed by atoms with Crippen molar-refractivity contribution in [3.8, 4) is 28.5 Å². The average Bonchev–Trinajstić information content (AvgIpc) is 3.02. The topological polar surface area (TPSA) is 98.0 Å². The van der Waals surface area contributed by atoms with Crippen LogP contribution in [-0.4, -0.2) is 26.0 Å². The highest BCUT2D eigenvalue weighted by Crippen LogP contribution is 2.32. The Morgan fingerprint density at radius 1 is 1.08 bits per heavy atom. The van der Waals surface area contributed by atoms with Gasteiger partial charge in [0.25, 0.3) is 0 Å². The van der Waals surface area contributed by atoms with Crippen LogP contribution in [0.5, 0.6) is 17.2 Å². The average molecular weight is 341 g/mol. The number of benzene rings is 2. The van der Waals surface area contributed by atoms with Gasteiger partial charge in [0.05, 0.1) is 17.0 Å². The highest BCUT2D eigenvalue weighted by atomic mass is 32.1. The van der Waals surface area contributed by atoms with E-state index in [1.807, 2.05) is 35.7 Å². The summed E-state index contributed by atoms with van der Waals surface area (Å²) in [6.07, 6.45) is 0. The molecule has 1 aromatic heterocycles. The molecule has 3 aromatic rings. The maximum atomic E-state index is 9.85. The number of anilines is 1. The third-order valence-electron chi connectivity index (χ3n) is 3.34. The van der Waals surface area contributed by atoms with E-state index in [1.54, 1.807) is 6.92 Å². The van der Waals surface area contributed by atoms with Gasteiger partial charge in [-0.25, -0.2) is 4.98 Å². The van der Waals surface area contributed by atoms with Gasteiger partial charge in [-0.1, -0.05) is 30.3 Å². The molecule has 0 aliphatic carbocycles. The first kappa shape index (κ1) is 15.8. The van der Waals surface area contributed by atoms with Gasteiger partial charge in [-0.3, -0.25) is 5.43 Å². The zero-order valence-corrected chi connectivity index (χ0v) is 13.6. The van der Waals surface area contributed by atoms with E-state index < -0.39 is 0 Å². The lowest BCUT2D eigenvalue weighted by atomic mass is 10.1. The lowest BCUT2D eigenvalue weighted by Crippen LogP contribution is -2.00. The Morgan fingerprint density at radius 3 is 2.42 bits per heavy atom. The van der Waals surface area contributed by atoms with Crippen LogP contribution in [0.3, 0.4) is 0 Å². The van der Waals surface area contributed by atoms with E-state index in [-0.39, 0.29) is 22.8 Å². The van der Waals surface area contributed by atoms with Crippen LogP contribution in [0.15, 0.2) is 52.9 Å². The van der Waals surface area contributed by atoms with E-state index in [1.165, 1.54) is 11.3 Å². The second-order valence-electron chi connectivity index (χ2n) is 5.07. The maximum Gasteiger partial charge on any atom is 0.203 e. The van der Waals surface area contributed by atoms with Gasteiger partial charge in [0.2, 0.25) is 5.13 Å². The van der Waals surface area contributed by atoms with E-state index in [0.717, 1.165) is 23.4 Å². The summed E-state index contributed by atoms with van der Waals surface area (Å²) in [5, 5.41) is 35.7. The minimum atomic E-state index is -0.250. The predicted molar refractivity (Wildman–Crippen MR) is 94.8 cm³/mol. The monoisotopic (exact) mass is 341 g/mol. The number of phenols is 3. The van der Waals surface area contributed by atoms with Gasteiger partial charge in [-0.2, -0.15) is 5.10 Å². The van der Waals surface area contributed by atoms with E-state index >= 15 is 0 Å². The number of hydrogen-bond acceptors (Lipinski definition) is 7. The Balaban J connectivity index is 1.80. The van der Waals surface area contributed by atoms with Crippen molar-refractivity contribution < 1.29 is 15.3 Å². The summed E-state index contributed by atoms with van der Waals surface area (Å²) in [5.41, 5.74) is 5.18. The molecule has 0 spiro atoms. The standard InChI is InChI=1S/C17H15N3O3S/c1-10(16-14(22)7-12(21)8-15(16)23)19-20-17-18-13(9-24-17)11-5-3-2-4-6-11/h2-9,21-23H,1H3,(H,18,20)/b19-10+. The molecule has 0 fully saturated rings. The molecule has 3 rings (SSSR count). The van der Waals surface area contributed by atoms with Gasteiger partial charge in [-0.05, 0) is 6.92 Å². The van der Waals surface area contributed by atoms with Crippen molar-refractivity contribution in [2.24, 2.45) is 5.10 Å². The first-order valence-electron chi connectivity index (χ1n) is 7.11. The Hall–Kier alpha value is -3.06. The van der Waals surface area contributed by atoms with Crippen LogP contribution in [0.2, 0.25) is 0 Å². The van der Waals surface area contributed by atoms with E-state index in [4.69, 9.17) is 0 Å². The van der Waals surface area contributed by atoms with Crippen LogP contribution in [0.25, 0.3) is 11.3 Å². The lowest BCUT2D eigenvalue weighted by molar-refractivity contribution is 0.426. The van der Waals surface area contributed by atoms with Gasteiger partial charge in [-0.15, -0.1) is 11.3 Å². The number of aromatic hydroxyl groups is 3. The quantitative estimate of drug-likeness (QED) is 0.428. The molecular weight excluding hydrogens is 326 g/mol. The summed E-state index contributed by atoms with van der Waals surface area (Å²) in [6, 6.07) is 12.1. The smallest absolute Gasteiger partial charge is 0.203 e. The minimum Gasteiger partial charge on any atom is -0.508 e. The molecular formula is C17H15N3O3S. The first-order valence-corrected chi connectivity index (χ1v) is 7.99. The minimum absolute atomic E-state index is 0.153. The normalized spacial score (nSPS) is 11.5. The molecule has 0 atom stereocenters. The van der Waals surface area contributed by atoms with E-state index in [9.17, 15) is 15.3 Å². The Morgan fingerprint density at radius 2 is 1.75 bits per heavy atom. The van der Waals surface area contributed by atoms with Crippen molar-refractivity contribution >= 4 is 22.2 Å². The van der Waals surface area contributed by atoms with Gasteiger partial charge in [0, 0.05) is 23.1 Å². The number of nitrogens with one attached hydrogen (secondary N) is 1. The molecule has 0 amide bonds. The number of hydrogen-bond donors (Lipinski definition) is 4. The molecule has 7 heteroatoms. The summed E-state index contributed by atoms with van der Waals surface area (Å²) in [7, 11) is 0. The highest BCUT2D eigenvalue weighted by Gasteiger charge is 2.13. The fraction of sp³-hybridized carbons (Fsp3) is 0.0588. The van der Waals surface area contributed by atoms with Crippen molar-refractivity contribution in [1.82, 2.24) is 4.98 Å².